The second-order valence-corrected chi connectivity index (χ2v) is 6.71. The van der Waals surface area contributed by atoms with Crippen LogP contribution in [0.2, 0.25) is 0 Å². The Bertz CT molecular complexity index is 998. The van der Waals surface area contributed by atoms with Crippen LogP contribution in [0.3, 0.4) is 0 Å². The Morgan fingerprint density at radius 2 is 1.82 bits per heavy atom. The van der Waals surface area contributed by atoms with Crippen molar-refractivity contribution in [2.45, 2.75) is 34.2 Å². The van der Waals surface area contributed by atoms with Crippen molar-refractivity contribution in [3.05, 3.63) is 45.5 Å². The summed E-state index contributed by atoms with van der Waals surface area (Å²) in [5, 5.41) is 11.4. The Labute approximate surface area is 165 Å². The number of aryl methyl sites for hydroxylation is 2. The minimum absolute atomic E-state index is 0.0615. The number of methoxy groups -OCH3 is 1. The largest absolute Gasteiger partial charge is 0.491 e. The third-order valence-corrected chi connectivity index (χ3v) is 5.15. The molecule has 0 aliphatic carbocycles. The van der Waals surface area contributed by atoms with Crippen LogP contribution >= 0.6 is 11.3 Å². The van der Waals surface area contributed by atoms with E-state index in [0.717, 1.165) is 34.7 Å². The lowest BCUT2D eigenvalue weighted by Crippen LogP contribution is -2.22. The van der Waals surface area contributed by atoms with E-state index in [-0.39, 0.29) is 17.0 Å². The number of hydrogen-bond donors (Lipinski definition) is 2. The number of nitrogens with one attached hydrogen (secondary N) is 1. The van der Waals surface area contributed by atoms with Crippen LogP contribution in [0, 0.1) is 25.5 Å². The lowest BCUT2D eigenvalue weighted by atomic mass is 10.1. The van der Waals surface area contributed by atoms with Crippen LogP contribution in [0.15, 0.2) is 12.1 Å². The van der Waals surface area contributed by atoms with Gasteiger partial charge in [0, 0.05) is 11.9 Å². The molecule has 1 aromatic carbocycles. The van der Waals surface area contributed by atoms with E-state index in [0.29, 0.717) is 15.9 Å². The van der Waals surface area contributed by atoms with Crippen LogP contribution in [0.4, 0.5) is 14.5 Å². The number of carbonyl (C=O) groups excluding carboxylic acids is 1. The first-order valence-electron chi connectivity index (χ1n) is 8.65. The van der Waals surface area contributed by atoms with Crippen molar-refractivity contribution >= 4 is 33.1 Å². The van der Waals surface area contributed by atoms with E-state index in [9.17, 15) is 13.6 Å². The first-order chi connectivity index (χ1) is 13.3. The molecule has 0 unspecified atom stereocenters. The van der Waals surface area contributed by atoms with E-state index < -0.39 is 23.3 Å². The Balaban J connectivity index is 0.00000136. The molecule has 1 amide bonds. The minimum atomic E-state index is -0.834. The number of amides is 1. The zero-order valence-electron chi connectivity index (χ0n) is 16.3. The molecular weight excluding hydrogens is 386 g/mol. The lowest BCUT2D eigenvalue weighted by Gasteiger charge is -2.08. The van der Waals surface area contributed by atoms with Gasteiger partial charge in [-0.3, -0.25) is 4.79 Å². The zero-order valence-corrected chi connectivity index (χ0v) is 17.1. The molecule has 0 spiro atoms. The van der Waals surface area contributed by atoms with Crippen molar-refractivity contribution in [1.82, 2.24) is 15.5 Å². The monoisotopic (exact) mass is 408 g/mol. The van der Waals surface area contributed by atoms with Gasteiger partial charge in [0.2, 0.25) is 0 Å². The van der Waals surface area contributed by atoms with Crippen LogP contribution in [0.1, 0.15) is 40.3 Å². The summed E-state index contributed by atoms with van der Waals surface area (Å²) in [6, 6.07) is 2.21. The Hall–Kier alpha value is -2.81. The maximum absolute atomic E-state index is 13.7. The quantitative estimate of drug-likeness (QED) is 0.677. The molecule has 0 fully saturated rings. The molecular formula is C19H22F2N4O2S. The molecule has 2 aromatic heterocycles. The number of rotatable bonds is 4. The number of nitrogens with two attached hydrogens (primary N) is 1. The van der Waals surface area contributed by atoms with E-state index in [1.54, 1.807) is 0 Å². The highest BCUT2D eigenvalue weighted by Crippen LogP contribution is 2.34. The normalized spacial score (nSPS) is 10.4. The molecule has 150 valence electrons. The number of thiophene rings is 1. The molecule has 0 aliphatic heterocycles. The lowest BCUT2D eigenvalue weighted by molar-refractivity contribution is 0.0955. The Kier molecular flexibility index (Phi) is 6.85. The highest BCUT2D eigenvalue weighted by Gasteiger charge is 2.20. The van der Waals surface area contributed by atoms with Crippen molar-refractivity contribution in [3.8, 4) is 5.75 Å². The predicted molar refractivity (Wildman–Crippen MR) is 107 cm³/mol. The Morgan fingerprint density at radius 3 is 2.39 bits per heavy atom. The highest BCUT2D eigenvalue weighted by atomic mass is 32.1. The summed E-state index contributed by atoms with van der Waals surface area (Å²) in [6.07, 6.45) is 0. The molecule has 0 saturated carbocycles. The molecule has 9 heteroatoms. The molecule has 0 saturated heterocycles. The van der Waals surface area contributed by atoms with Crippen LogP contribution in [0.5, 0.6) is 5.75 Å². The van der Waals surface area contributed by atoms with Crippen molar-refractivity contribution in [3.63, 3.8) is 0 Å². The van der Waals surface area contributed by atoms with Gasteiger partial charge in [0.15, 0.2) is 17.4 Å². The number of anilines is 1. The predicted octanol–water partition coefficient (Wildman–Crippen LogP) is 4.13. The number of ether oxygens (including phenoxy) is 1. The van der Waals surface area contributed by atoms with Crippen LogP contribution in [-0.2, 0) is 6.54 Å². The van der Waals surface area contributed by atoms with Crippen molar-refractivity contribution in [2.24, 2.45) is 0 Å². The molecule has 0 radical (unpaired) electrons. The number of benzene rings is 1. The average Bonchev–Trinajstić information content (AvgIpc) is 3.01. The fourth-order valence-corrected chi connectivity index (χ4v) is 3.60. The number of fused-ring (bicyclic) bond motifs is 1. The summed E-state index contributed by atoms with van der Waals surface area (Å²) in [6.45, 7) is 7.61. The number of carbonyl (C=O) groups is 1. The van der Waals surface area contributed by atoms with Gasteiger partial charge in [-0.15, -0.1) is 16.4 Å². The van der Waals surface area contributed by atoms with Gasteiger partial charge in [0.25, 0.3) is 5.91 Å². The molecule has 2 heterocycles. The fourth-order valence-electron chi connectivity index (χ4n) is 2.58. The second-order valence-electron chi connectivity index (χ2n) is 5.71. The van der Waals surface area contributed by atoms with E-state index in [2.05, 4.69) is 20.3 Å². The third kappa shape index (κ3) is 4.04. The SMILES string of the molecule is CC.COc1c(F)cc(CNC(=O)c2sc3nnc(C)c(C)c3c2N)cc1F. The molecule has 3 aromatic rings. The summed E-state index contributed by atoms with van der Waals surface area (Å²) < 4.78 is 32.1. The molecule has 0 atom stereocenters. The van der Waals surface area contributed by atoms with E-state index in [4.69, 9.17) is 5.73 Å². The molecule has 0 bridgehead atoms. The third-order valence-electron chi connectivity index (χ3n) is 4.06. The second kappa shape index (κ2) is 8.92. The van der Waals surface area contributed by atoms with Gasteiger partial charge in [-0.2, -0.15) is 5.10 Å². The van der Waals surface area contributed by atoms with E-state index in [1.165, 1.54) is 7.11 Å². The maximum atomic E-state index is 13.7. The highest BCUT2D eigenvalue weighted by molar-refractivity contribution is 7.21. The molecule has 3 N–H and O–H groups in total. The van der Waals surface area contributed by atoms with Gasteiger partial charge >= 0.3 is 0 Å². The zero-order chi connectivity index (χ0) is 21.0. The standard InChI is InChI=1S/C17H16F2N4O2S.C2H6/c1-7-8(2)22-23-17-12(7)13(20)15(26-17)16(24)21-6-9-4-10(18)14(25-3)11(19)5-9;1-2/h4-5H,6,20H2,1-3H3,(H,21,24);1-2H3. The number of nitrogens with zero attached hydrogens (tertiary/aromatic N) is 2. The summed E-state index contributed by atoms with van der Waals surface area (Å²) in [4.78, 5) is 13.3. The summed E-state index contributed by atoms with van der Waals surface area (Å²) in [5.41, 5.74) is 8.30. The van der Waals surface area contributed by atoms with Crippen LogP contribution < -0.4 is 15.8 Å². The van der Waals surface area contributed by atoms with E-state index in [1.807, 2.05) is 27.7 Å². The smallest absolute Gasteiger partial charge is 0.263 e. The van der Waals surface area contributed by atoms with Gasteiger partial charge in [-0.25, -0.2) is 8.78 Å². The summed E-state index contributed by atoms with van der Waals surface area (Å²) >= 11 is 1.12. The van der Waals surface area contributed by atoms with Gasteiger partial charge in [0.05, 0.1) is 18.5 Å². The first-order valence-corrected chi connectivity index (χ1v) is 9.47. The molecule has 6 nitrogen and oxygen atoms in total. The van der Waals surface area contributed by atoms with Gasteiger partial charge in [0.1, 0.15) is 9.71 Å². The maximum Gasteiger partial charge on any atom is 0.263 e. The first kappa shape index (κ1) is 21.5. The van der Waals surface area contributed by atoms with Crippen molar-refractivity contribution in [1.29, 1.82) is 0 Å². The van der Waals surface area contributed by atoms with Crippen LogP contribution in [-0.4, -0.2) is 23.2 Å². The minimum Gasteiger partial charge on any atom is -0.491 e. The molecule has 3 rings (SSSR count). The number of nitrogen functional groups attached to an aromatic ring is 1. The number of hydrogen-bond acceptors (Lipinski definition) is 6. The van der Waals surface area contributed by atoms with Crippen molar-refractivity contribution < 1.29 is 18.3 Å². The fraction of sp³-hybridized carbons (Fsp3) is 0.316. The molecule has 0 aliphatic rings. The Morgan fingerprint density at radius 1 is 1.21 bits per heavy atom. The van der Waals surface area contributed by atoms with Gasteiger partial charge < -0.3 is 15.8 Å². The molecule has 28 heavy (non-hydrogen) atoms. The van der Waals surface area contributed by atoms with Crippen LogP contribution in [0.25, 0.3) is 10.2 Å². The topological polar surface area (TPSA) is 90.1 Å². The van der Waals surface area contributed by atoms with Crippen molar-refractivity contribution in [2.75, 3.05) is 12.8 Å². The summed E-state index contributed by atoms with van der Waals surface area (Å²) in [5.74, 6) is -2.57. The van der Waals surface area contributed by atoms with Gasteiger partial charge in [-0.05, 0) is 37.1 Å². The summed E-state index contributed by atoms with van der Waals surface area (Å²) in [7, 11) is 1.18. The number of halogens is 2. The average molecular weight is 408 g/mol. The van der Waals surface area contributed by atoms with Gasteiger partial charge in [-0.1, -0.05) is 13.8 Å². The van der Waals surface area contributed by atoms with E-state index >= 15 is 0 Å². The number of aromatic nitrogens is 2.